The molecule has 0 saturated heterocycles. The molecule has 1 unspecified atom stereocenters. The van der Waals surface area contributed by atoms with Crippen molar-refractivity contribution in [1.82, 2.24) is 4.98 Å². The predicted octanol–water partition coefficient (Wildman–Crippen LogP) is 2.86. The number of nitrogens with zero attached hydrogens (tertiary/aromatic N) is 1. The molecule has 2 rings (SSSR count). The normalized spacial score (nSPS) is 12.2. The number of aromatic nitrogens is 1. The van der Waals surface area contributed by atoms with E-state index in [0.29, 0.717) is 24.3 Å². The molecule has 100 valence electrons. The Kier molecular flexibility index (Phi) is 4.47. The maximum atomic E-state index is 13.2. The van der Waals surface area contributed by atoms with E-state index < -0.39 is 0 Å². The first kappa shape index (κ1) is 13.5. The van der Waals surface area contributed by atoms with Gasteiger partial charge in [0.15, 0.2) is 0 Å². The Morgan fingerprint density at radius 1 is 1.32 bits per heavy atom. The first-order valence-corrected chi connectivity index (χ1v) is 6.24. The third-order valence-electron chi connectivity index (χ3n) is 2.80. The van der Waals surface area contributed by atoms with Gasteiger partial charge in [-0.25, -0.2) is 4.39 Å². The smallest absolute Gasteiger partial charge is 0.124 e. The fourth-order valence-corrected chi connectivity index (χ4v) is 1.82. The van der Waals surface area contributed by atoms with Gasteiger partial charge < -0.3 is 10.5 Å². The largest absolute Gasteiger partial charge is 0.493 e. The first-order valence-electron chi connectivity index (χ1n) is 6.24. The summed E-state index contributed by atoms with van der Waals surface area (Å²) in [5.74, 6) is 0.330. The topological polar surface area (TPSA) is 48.1 Å². The monoisotopic (exact) mass is 260 g/mol. The molecule has 1 atom stereocenters. The van der Waals surface area contributed by atoms with Crippen LogP contribution >= 0.6 is 0 Å². The van der Waals surface area contributed by atoms with Crippen LogP contribution in [0.2, 0.25) is 0 Å². The summed E-state index contributed by atoms with van der Waals surface area (Å²) < 4.78 is 18.8. The molecule has 2 aromatic rings. The first-order chi connectivity index (χ1) is 9.16. The van der Waals surface area contributed by atoms with E-state index in [1.807, 2.05) is 18.2 Å². The number of hydrogen-bond acceptors (Lipinski definition) is 3. The number of ether oxygens (including phenoxy) is 1. The van der Waals surface area contributed by atoms with Crippen LogP contribution in [0.1, 0.15) is 24.2 Å². The molecular weight excluding hydrogens is 243 g/mol. The fraction of sp³-hybridized carbons (Fsp3) is 0.267. The van der Waals surface area contributed by atoms with Gasteiger partial charge >= 0.3 is 0 Å². The van der Waals surface area contributed by atoms with Crippen molar-refractivity contribution < 1.29 is 9.13 Å². The standard InChI is InChI=1S/C15H17FN2O/c1-11(17)14-10-12(16)5-6-15(14)19-9-7-13-4-2-3-8-18-13/h2-6,8,10-11H,7,9,17H2,1H3. The molecule has 0 saturated carbocycles. The lowest BCUT2D eigenvalue weighted by molar-refractivity contribution is 0.315. The minimum atomic E-state index is -0.302. The van der Waals surface area contributed by atoms with Crippen molar-refractivity contribution in [2.45, 2.75) is 19.4 Å². The SMILES string of the molecule is CC(N)c1cc(F)ccc1OCCc1ccccn1. The van der Waals surface area contributed by atoms with Crippen LogP contribution in [0.5, 0.6) is 5.75 Å². The molecular formula is C15H17FN2O. The van der Waals surface area contributed by atoms with Gasteiger partial charge in [0.25, 0.3) is 0 Å². The van der Waals surface area contributed by atoms with E-state index in [1.54, 1.807) is 19.2 Å². The highest BCUT2D eigenvalue weighted by atomic mass is 19.1. The molecule has 19 heavy (non-hydrogen) atoms. The van der Waals surface area contributed by atoms with E-state index >= 15 is 0 Å². The molecule has 4 heteroatoms. The lowest BCUT2D eigenvalue weighted by atomic mass is 10.1. The third kappa shape index (κ3) is 3.76. The summed E-state index contributed by atoms with van der Waals surface area (Å²) in [6.45, 7) is 2.29. The van der Waals surface area contributed by atoms with E-state index in [-0.39, 0.29) is 11.9 Å². The zero-order chi connectivity index (χ0) is 13.7. The number of pyridine rings is 1. The highest BCUT2D eigenvalue weighted by Gasteiger charge is 2.09. The van der Waals surface area contributed by atoms with Gasteiger partial charge in [0.05, 0.1) is 6.61 Å². The second kappa shape index (κ2) is 6.29. The molecule has 0 fully saturated rings. The molecule has 0 aliphatic rings. The van der Waals surface area contributed by atoms with Crippen molar-refractivity contribution in [3.05, 3.63) is 59.7 Å². The van der Waals surface area contributed by atoms with Gasteiger partial charge in [-0.1, -0.05) is 6.07 Å². The third-order valence-corrected chi connectivity index (χ3v) is 2.80. The number of rotatable bonds is 5. The lowest BCUT2D eigenvalue weighted by Gasteiger charge is -2.14. The number of nitrogens with two attached hydrogens (primary N) is 1. The van der Waals surface area contributed by atoms with Crippen molar-refractivity contribution in [2.24, 2.45) is 5.73 Å². The second-order valence-corrected chi connectivity index (χ2v) is 4.39. The minimum Gasteiger partial charge on any atom is -0.493 e. The molecule has 0 radical (unpaired) electrons. The summed E-state index contributed by atoms with van der Waals surface area (Å²) in [4.78, 5) is 4.22. The molecule has 1 aromatic carbocycles. The summed E-state index contributed by atoms with van der Waals surface area (Å²) in [5.41, 5.74) is 7.45. The molecule has 0 amide bonds. The van der Waals surface area contributed by atoms with Crippen molar-refractivity contribution in [2.75, 3.05) is 6.61 Å². The van der Waals surface area contributed by atoms with Gasteiger partial charge in [-0.3, -0.25) is 4.98 Å². The maximum absolute atomic E-state index is 13.2. The summed E-state index contributed by atoms with van der Waals surface area (Å²) >= 11 is 0. The zero-order valence-electron chi connectivity index (χ0n) is 10.8. The van der Waals surface area contributed by atoms with E-state index in [9.17, 15) is 4.39 Å². The van der Waals surface area contributed by atoms with Crippen LogP contribution < -0.4 is 10.5 Å². The molecule has 1 heterocycles. The second-order valence-electron chi connectivity index (χ2n) is 4.39. The molecule has 2 N–H and O–H groups in total. The Bertz CT molecular complexity index is 529. The molecule has 3 nitrogen and oxygen atoms in total. The van der Waals surface area contributed by atoms with E-state index in [0.717, 1.165) is 5.69 Å². The zero-order valence-corrected chi connectivity index (χ0v) is 10.8. The Hall–Kier alpha value is -1.94. The number of halogens is 1. The number of hydrogen-bond donors (Lipinski definition) is 1. The molecule has 0 aliphatic heterocycles. The average molecular weight is 260 g/mol. The highest BCUT2D eigenvalue weighted by Crippen LogP contribution is 2.24. The molecule has 0 spiro atoms. The van der Waals surface area contributed by atoms with Crippen LogP contribution in [0, 0.1) is 5.82 Å². The average Bonchev–Trinajstić information content (AvgIpc) is 2.41. The highest BCUT2D eigenvalue weighted by molar-refractivity contribution is 5.36. The van der Waals surface area contributed by atoms with Crippen LogP contribution in [0.25, 0.3) is 0 Å². The Morgan fingerprint density at radius 3 is 2.84 bits per heavy atom. The lowest BCUT2D eigenvalue weighted by Crippen LogP contribution is -2.10. The van der Waals surface area contributed by atoms with Crippen molar-refractivity contribution in [3.63, 3.8) is 0 Å². The van der Waals surface area contributed by atoms with Gasteiger partial charge in [0.2, 0.25) is 0 Å². The van der Waals surface area contributed by atoms with Crippen LogP contribution in [0.4, 0.5) is 4.39 Å². The van der Waals surface area contributed by atoms with Crippen molar-refractivity contribution in [1.29, 1.82) is 0 Å². The molecule has 0 bridgehead atoms. The van der Waals surface area contributed by atoms with Gasteiger partial charge in [-0.2, -0.15) is 0 Å². The Morgan fingerprint density at radius 2 is 2.16 bits per heavy atom. The quantitative estimate of drug-likeness (QED) is 0.899. The van der Waals surface area contributed by atoms with Crippen LogP contribution in [0.15, 0.2) is 42.6 Å². The maximum Gasteiger partial charge on any atom is 0.124 e. The van der Waals surface area contributed by atoms with Crippen molar-refractivity contribution >= 4 is 0 Å². The number of benzene rings is 1. The van der Waals surface area contributed by atoms with E-state index in [1.165, 1.54) is 12.1 Å². The molecule has 1 aromatic heterocycles. The Labute approximate surface area is 112 Å². The van der Waals surface area contributed by atoms with E-state index in [4.69, 9.17) is 10.5 Å². The fourth-order valence-electron chi connectivity index (χ4n) is 1.82. The Balaban J connectivity index is 2.00. The summed E-state index contributed by atoms with van der Waals surface area (Å²) in [5, 5.41) is 0. The summed E-state index contributed by atoms with van der Waals surface area (Å²) in [7, 11) is 0. The summed E-state index contributed by atoms with van der Waals surface area (Å²) in [6.07, 6.45) is 2.46. The molecule has 0 aliphatic carbocycles. The van der Waals surface area contributed by atoms with Gasteiger partial charge in [0, 0.05) is 29.9 Å². The van der Waals surface area contributed by atoms with Gasteiger partial charge in [-0.15, -0.1) is 0 Å². The van der Waals surface area contributed by atoms with Crippen LogP contribution in [0.3, 0.4) is 0 Å². The van der Waals surface area contributed by atoms with Gasteiger partial charge in [0.1, 0.15) is 11.6 Å². The van der Waals surface area contributed by atoms with Gasteiger partial charge in [-0.05, 0) is 37.3 Å². The summed E-state index contributed by atoms with van der Waals surface area (Å²) in [6, 6.07) is 9.91. The van der Waals surface area contributed by atoms with E-state index in [2.05, 4.69) is 4.98 Å². The van der Waals surface area contributed by atoms with Crippen LogP contribution in [-0.2, 0) is 6.42 Å². The van der Waals surface area contributed by atoms with Crippen molar-refractivity contribution in [3.8, 4) is 5.75 Å². The minimum absolute atomic E-state index is 0.263. The van der Waals surface area contributed by atoms with Crippen LogP contribution in [-0.4, -0.2) is 11.6 Å². The predicted molar refractivity (Wildman–Crippen MR) is 72.4 cm³/mol.